The minimum atomic E-state index is -3.27. The molecule has 0 spiro atoms. The molecule has 2 aliphatic heterocycles. The van der Waals surface area contributed by atoms with E-state index in [1.807, 2.05) is 44.2 Å². The van der Waals surface area contributed by atoms with Gasteiger partial charge in [0.25, 0.3) is 5.91 Å². The van der Waals surface area contributed by atoms with Gasteiger partial charge in [-0.15, -0.1) is 0 Å². The summed E-state index contributed by atoms with van der Waals surface area (Å²) in [5.41, 5.74) is 2.23. The number of benzene rings is 1. The van der Waals surface area contributed by atoms with E-state index in [0.29, 0.717) is 18.7 Å². The monoisotopic (exact) mass is 428 g/mol. The molecule has 2 fully saturated rings. The van der Waals surface area contributed by atoms with Crippen LogP contribution in [0.5, 0.6) is 0 Å². The van der Waals surface area contributed by atoms with Gasteiger partial charge in [-0.3, -0.25) is 4.79 Å². The number of amides is 1. The number of carbonyl (C=O) groups excluding carboxylic acids is 1. The zero-order valence-electron chi connectivity index (χ0n) is 17.4. The molecule has 3 heterocycles. The second-order valence-electron chi connectivity index (χ2n) is 9.00. The van der Waals surface area contributed by atoms with Gasteiger partial charge in [-0.25, -0.2) is 13.4 Å². The zero-order valence-corrected chi connectivity index (χ0v) is 18.2. The van der Waals surface area contributed by atoms with E-state index in [-0.39, 0.29) is 29.3 Å². The van der Waals surface area contributed by atoms with Gasteiger partial charge in [0.15, 0.2) is 0 Å². The summed E-state index contributed by atoms with van der Waals surface area (Å²) in [5.74, 6) is 0.557. The van der Waals surface area contributed by atoms with E-state index in [9.17, 15) is 13.2 Å². The van der Waals surface area contributed by atoms with Gasteiger partial charge in [0.2, 0.25) is 10.0 Å². The molecule has 1 aromatic heterocycles. The third-order valence-electron chi connectivity index (χ3n) is 6.35. The first kappa shape index (κ1) is 19.8. The standard InChI is InChI=1S/C22H28N4O3S/c1-14(2)23-22(27)20-19-12-16-8-9-17(26(16)30(28,29)18-10-11-18)13-25(19)21(24-20)15-6-4-3-5-7-15/h3-7,14,16-18H,8-13H2,1-2H3,(H,23,27)/t16-,17+/m0/s1. The normalized spacial score (nSPS) is 24.0. The average molecular weight is 429 g/mol. The number of imidazole rings is 1. The molecular formula is C22H28N4O3S. The van der Waals surface area contributed by atoms with Crippen LogP contribution in [0.3, 0.4) is 0 Å². The Balaban J connectivity index is 1.60. The van der Waals surface area contributed by atoms with Crippen LogP contribution in [0, 0.1) is 0 Å². The molecule has 5 rings (SSSR count). The number of nitrogens with zero attached hydrogens (tertiary/aromatic N) is 3. The maximum atomic E-state index is 13.2. The Bertz CT molecular complexity index is 1070. The van der Waals surface area contributed by atoms with Crippen molar-refractivity contribution in [2.24, 2.45) is 0 Å². The zero-order chi connectivity index (χ0) is 21.0. The summed E-state index contributed by atoms with van der Waals surface area (Å²) >= 11 is 0. The first-order valence-electron chi connectivity index (χ1n) is 10.8. The fourth-order valence-corrected chi connectivity index (χ4v) is 7.16. The highest BCUT2D eigenvalue weighted by molar-refractivity contribution is 7.90. The topological polar surface area (TPSA) is 84.3 Å². The van der Waals surface area contributed by atoms with Gasteiger partial charge < -0.3 is 9.88 Å². The van der Waals surface area contributed by atoms with Gasteiger partial charge in [-0.1, -0.05) is 30.3 Å². The van der Waals surface area contributed by atoms with Crippen LogP contribution in [0.2, 0.25) is 0 Å². The predicted molar refractivity (Wildman–Crippen MR) is 115 cm³/mol. The molecule has 2 bridgehead atoms. The summed E-state index contributed by atoms with van der Waals surface area (Å²) in [5, 5.41) is 2.75. The van der Waals surface area contributed by atoms with Crippen molar-refractivity contribution in [3.63, 3.8) is 0 Å². The average Bonchev–Trinajstić information content (AvgIpc) is 3.43. The molecule has 8 heteroatoms. The van der Waals surface area contributed by atoms with Crippen LogP contribution in [0.15, 0.2) is 30.3 Å². The van der Waals surface area contributed by atoms with Crippen molar-refractivity contribution in [2.75, 3.05) is 0 Å². The highest BCUT2D eigenvalue weighted by Gasteiger charge is 2.50. The fraction of sp³-hybridized carbons (Fsp3) is 0.545. The summed E-state index contributed by atoms with van der Waals surface area (Å²) in [6.07, 6.45) is 3.76. The molecule has 30 heavy (non-hydrogen) atoms. The van der Waals surface area contributed by atoms with E-state index in [2.05, 4.69) is 9.88 Å². The smallest absolute Gasteiger partial charge is 0.271 e. The van der Waals surface area contributed by atoms with Crippen LogP contribution in [-0.4, -0.2) is 51.6 Å². The molecule has 2 atom stereocenters. The van der Waals surface area contributed by atoms with Crippen LogP contribution >= 0.6 is 0 Å². The van der Waals surface area contributed by atoms with Crippen molar-refractivity contribution in [2.45, 2.75) is 75.9 Å². The maximum absolute atomic E-state index is 13.2. The lowest BCUT2D eigenvalue weighted by atomic mass is 10.1. The lowest BCUT2D eigenvalue weighted by Gasteiger charge is -2.27. The van der Waals surface area contributed by atoms with Gasteiger partial charge in [-0.2, -0.15) is 4.31 Å². The lowest BCUT2D eigenvalue weighted by molar-refractivity contribution is 0.0937. The van der Waals surface area contributed by atoms with Gasteiger partial charge in [-0.05, 0) is 39.5 Å². The van der Waals surface area contributed by atoms with E-state index in [1.54, 1.807) is 4.31 Å². The molecule has 3 aliphatic rings. The van der Waals surface area contributed by atoms with Gasteiger partial charge in [0, 0.05) is 36.7 Å². The third kappa shape index (κ3) is 3.26. The number of nitrogens with one attached hydrogen (secondary N) is 1. The molecule has 0 radical (unpaired) electrons. The van der Waals surface area contributed by atoms with Crippen molar-refractivity contribution in [1.29, 1.82) is 0 Å². The van der Waals surface area contributed by atoms with Crippen molar-refractivity contribution in [3.8, 4) is 11.4 Å². The van der Waals surface area contributed by atoms with Crippen LogP contribution in [-0.2, 0) is 23.0 Å². The van der Waals surface area contributed by atoms with E-state index in [0.717, 1.165) is 42.8 Å². The van der Waals surface area contributed by atoms with Crippen molar-refractivity contribution in [1.82, 2.24) is 19.2 Å². The van der Waals surface area contributed by atoms with E-state index in [4.69, 9.17) is 4.98 Å². The van der Waals surface area contributed by atoms with Crippen molar-refractivity contribution < 1.29 is 13.2 Å². The second kappa shape index (κ2) is 7.20. The second-order valence-corrected chi connectivity index (χ2v) is 11.1. The number of rotatable bonds is 5. The minimum absolute atomic E-state index is 0.00370. The van der Waals surface area contributed by atoms with Crippen LogP contribution in [0.1, 0.15) is 55.7 Å². The van der Waals surface area contributed by atoms with Crippen LogP contribution < -0.4 is 5.32 Å². The summed E-state index contributed by atoms with van der Waals surface area (Å²) in [7, 11) is -3.27. The number of fused-ring (bicyclic) bond motifs is 3. The molecule has 160 valence electrons. The summed E-state index contributed by atoms with van der Waals surface area (Å²) < 4.78 is 30.2. The van der Waals surface area contributed by atoms with E-state index < -0.39 is 10.0 Å². The molecular weight excluding hydrogens is 400 g/mol. The predicted octanol–water partition coefficient (Wildman–Crippen LogP) is 2.57. The Morgan fingerprint density at radius 2 is 1.80 bits per heavy atom. The largest absolute Gasteiger partial charge is 0.348 e. The molecule has 1 aromatic carbocycles. The number of hydrogen-bond donors (Lipinski definition) is 1. The van der Waals surface area contributed by atoms with E-state index in [1.165, 1.54) is 0 Å². The molecule has 1 amide bonds. The Labute approximate surface area is 177 Å². The Morgan fingerprint density at radius 3 is 2.47 bits per heavy atom. The van der Waals surface area contributed by atoms with Crippen molar-refractivity contribution >= 4 is 15.9 Å². The number of hydrogen-bond acceptors (Lipinski definition) is 4. The first-order valence-corrected chi connectivity index (χ1v) is 12.3. The highest BCUT2D eigenvalue weighted by Crippen LogP contribution is 2.41. The molecule has 1 saturated heterocycles. The van der Waals surface area contributed by atoms with Gasteiger partial charge in [0.1, 0.15) is 11.5 Å². The lowest BCUT2D eigenvalue weighted by Crippen LogP contribution is -2.43. The molecule has 1 aliphatic carbocycles. The van der Waals surface area contributed by atoms with E-state index >= 15 is 0 Å². The van der Waals surface area contributed by atoms with Crippen LogP contribution in [0.25, 0.3) is 11.4 Å². The summed E-state index contributed by atoms with van der Waals surface area (Å²) in [6, 6.07) is 9.68. The third-order valence-corrected chi connectivity index (χ3v) is 8.85. The Kier molecular flexibility index (Phi) is 4.74. The van der Waals surface area contributed by atoms with Gasteiger partial charge in [0.05, 0.1) is 10.9 Å². The quantitative estimate of drug-likeness (QED) is 0.793. The number of sulfonamides is 1. The first-order chi connectivity index (χ1) is 14.4. The summed E-state index contributed by atoms with van der Waals surface area (Å²) in [4.78, 5) is 17.7. The van der Waals surface area contributed by atoms with Crippen molar-refractivity contribution in [3.05, 3.63) is 41.7 Å². The minimum Gasteiger partial charge on any atom is -0.348 e. The maximum Gasteiger partial charge on any atom is 0.271 e. The molecule has 0 unspecified atom stereocenters. The SMILES string of the molecule is CC(C)NC(=O)c1nc(-c2ccccc2)n2c1C[C@@H]1CC[C@H](C2)N1S(=O)(=O)C1CC1. The van der Waals surface area contributed by atoms with Gasteiger partial charge >= 0.3 is 0 Å². The Morgan fingerprint density at radius 1 is 1.10 bits per heavy atom. The van der Waals surface area contributed by atoms with Crippen LogP contribution in [0.4, 0.5) is 0 Å². The molecule has 2 aromatic rings. The number of aromatic nitrogens is 2. The molecule has 1 N–H and O–H groups in total. The summed E-state index contributed by atoms with van der Waals surface area (Å²) in [6.45, 7) is 4.40. The Hall–Kier alpha value is -2.19. The number of carbonyl (C=O) groups is 1. The highest BCUT2D eigenvalue weighted by atomic mass is 32.2. The molecule has 1 saturated carbocycles. The fourth-order valence-electron chi connectivity index (χ4n) is 4.90. The molecule has 7 nitrogen and oxygen atoms in total.